The zero-order valence-corrected chi connectivity index (χ0v) is 6.28. The summed E-state index contributed by atoms with van der Waals surface area (Å²) in [5, 5.41) is 4.14. The normalized spacial score (nSPS) is 14.5. The molecule has 62 valence electrons. The number of benzene rings is 1. The first-order valence-corrected chi connectivity index (χ1v) is 3.33. The van der Waals surface area contributed by atoms with E-state index in [4.69, 9.17) is 12.4 Å². The average molecular weight is 167 g/mol. The highest BCUT2D eigenvalue weighted by Crippen LogP contribution is 2.03. The number of rotatable bonds is 4. The second-order valence-corrected chi connectivity index (χ2v) is 1.89. The van der Waals surface area contributed by atoms with E-state index >= 15 is 0 Å². The summed E-state index contributed by atoms with van der Waals surface area (Å²) in [5.74, 6) is 0. The molecule has 0 saturated heterocycles. The quantitative estimate of drug-likeness (QED) is 0.418. The van der Waals surface area contributed by atoms with Crippen molar-refractivity contribution >= 4 is 5.69 Å². The Morgan fingerprint density at radius 1 is 1.67 bits per heavy atom. The summed E-state index contributed by atoms with van der Waals surface area (Å²) < 4.78 is 37.4. The fraction of sp³-hybridized carbons (Fsp3) is 0.250. The first kappa shape index (κ1) is 3.83. The smallest absolute Gasteiger partial charge is 0.160 e. The molecule has 1 aromatic carbocycles. The molecule has 0 aliphatic rings. The second kappa shape index (κ2) is 5.04. The number of para-hydroxylation sites is 1. The van der Waals surface area contributed by atoms with Gasteiger partial charge in [0, 0.05) is 23.7 Å². The van der Waals surface area contributed by atoms with Crippen molar-refractivity contribution in [3.8, 4) is 0 Å². The molecule has 0 radical (unpaired) electrons. The molecule has 0 fully saturated rings. The lowest BCUT2D eigenvalue weighted by Gasteiger charge is -2.01. The minimum absolute atomic E-state index is 0.0583. The van der Waals surface area contributed by atoms with Crippen molar-refractivity contribution in [2.75, 3.05) is 18.4 Å². The van der Waals surface area contributed by atoms with Gasteiger partial charge in [-0.1, -0.05) is 23.2 Å². The minimum Gasteiger partial charge on any atom is -0.385 e. The Morgan fingerprint density at radius 2 is 2.58 bits per heavy atom. The Hall–Kier alpha value is -1.67. The highest BCUT2D eigenvalue weighted by Gasteiger charge is 1.86. The maximum atomic E-state index is 8.09. The second-order valence-electron chi connectivity index (χ2n) is 1.89. The van der Waals surface area contributed by atoms with E-state index in [1.54, 1.807) is 0 Å². The van der Waals surface area contributed by atoms with Crippen LogP contribution in [-0.4, -0.2) is 13.1 Å². The van der Waals surface area contributed by atoms with Gasteiger partial charge in [0.1, 0.15) is 0 Å². The summed E-state index contributed by atoms with van der Waals surface area (Å²) >= 11 is 0. The van der Waals surface area contributed by atoms with Gasteiger partial charge in [-0.15, -0.1) is 0 Å². The predicted molar refractivity (Wildman–Crippen MR) is 48.9 cm³/mol. The van der Waals surface area contributed by atoms with Gasteiger partial charge < -0.3 is 5.31 Å². The molecule has 1 aromatic rings. The van der Waals surface area contributed by atoms with Crippen LogP contribution >= 0.6 is 0 Å². The monoisotopic (exact) mass is 167 g/mol. The van der Waals surface area contributed by atoms with Gasteiger partial charge >= 0.3 is 0 Å². The van der Waals surface area contributed by atoms with E-state index in [1.165, 1.54) is 6.07 Å². The molecular formula is C8H10N4. The lowest BCUT2D eigenvalue weighted by Crippen LogP contribution is -2.03. The first-order valence-electron chi connectivity index (χ1n) is 5.78. The fourth-order valence-corrected chi connectivity index (χ4v) is 0.617. The van der Waals surface area contributed by atoms with Crippen LogP contribution < -0.4 is 5.31 Å². The Labute approximate surface area is 77.9 Å². The van der Waals surface area contributed by atoms with Gasteiger partial charge in [0.25, 0.3) is 0 Å². The molecule has 1 N–H and O–H groups in total. The molecule has 0 bridgehead atoms. The molecule has 0 atom stereocenters. The van der Waals surface area contributed by atoms with E-state index in [9.17, 15) is 0 Å². The lowest BCUT2D eigenvalue weighted by atomic mass is 10.3. The average Bonchev–Trinajstić information content (AvgIpc) is 2.31. The molecule has 4 heteroatoms. The van der Waals surface area contributed by atoms with Crippen molar-refractivity contribution in [3.05, 3.63) is 40.7 Å². The summed E-state index contributed by atoms with van der Waals surface area (Å²) in [6, 6.07) is -0.00842. The van der Waals surface area contributed by atoms with Crippen LogP contribution in [0, 0.1) is 0 Å². The molecule has 0 unspecified atom stereocenters. The van der Waals surface area contributed by atoms with Crippen molar-refractivity contribution in [3.63, 3.8) is 0 Å². The summed E-state index contributed by atoms with van der Waals surface area (Å²) in [4.78, 5) is 2.54. The van der Waals surface area contributed by atoms with Crippen molar-refractivity contribution in [2.24, 2.45) is 5.11 Å². The third-order valence-corrected chi connectivity index (χ3v) is 1.08. The summed E-state index contributed by atoms with van der Waals surface area (Å²) in [7, 11) is 0. The Balaban J connectivity index is 3.01. The molecule has 0 aliphatic heterocycles. The third kappa shape index (κ3) is 2.94. The van der Waals surface area contributed by atoms with Gasteiger partial charge in [-0.2, -0.15) is 0 Å². The Morgan fingerprint density at radius 3 is 3.42 bits per heavy atom. The van der Waals surface area contributed by atoms with E-state index < -0.39 is 0 Å². The highest BCUT2D eigenvalue weighted by molar-refractivity contribution is 5.42. The summed E-state index contributed by atoms with van der Waals surface area (Å²) in [6.07, 6.45) is 0. The first-order chi connectivity index (χ1) is 7.99. The van der Waals surface area contributed by atoms with Crippen LogP contribution in [-0.2, 0) is 0 Å². The number of nitrogens with zero attached hydrogens (tertiary/aromatic N) is 3. The minimum atomic E-state index is -0.381. The highest BCUT2D eigenvalue weighted by atomic mass is 15.1. The van der Waals surface area contributed by atoms with Crippen LogP contribution in [0.5, 0.6) is 0 Å². The molecule has 0 heterocycles. The molecule has 4 nitrogen and oxygen atoms in total. The predicted octanol–water partition coefficient (Wildman–Crippen LogP) is 2.41. The van der Waals surface area contributed by atoms with Crippen molar-refractivity contribution < 1.29 is 6.89 Å². The third-order valence-electron chi connectivity index (χ3n) is 1.08. The SMILES string of the molecule is [2H]c1cc(N([2H])CCN=[N+]=[N-])c([2H])c([2H])c1[2H]. The van der Waals surface area contributed by atoms with Crippen molar-refractivity contribution in [2.45, 2.75) is 0 Å². The van der Waals surface area contributed by atoms with E-state index in [-0.39, 0.29) is 42.9 Å². The maximum Gasteiger partial charge on any atom is 0.160 e. The Kier molecular flexibility index (Phi) is 1.61. The molecule has 0 spiro atoms. The fourth-order valence-electron chi connectivity index (χ4n) is 0.617. The van der Waals surface area contributed by atoms with Crippen LogP contribution in [0.4, 0.5) is 5.69 Å². The van der Waals surface area contributed by atoms with Crippen LogP contribution in [0.15, 0.2) is 35.4 Å². The van der Waals surface area contributed by atoms with Gasteiger partial charge in [-0.25, -0.2) is 0 Å². The van der Waals surface area contributed by atoms with Crippen LogP contribution in [0.25, 0.3) is 10.4 Å². The van der Waals surface area contributed by atoms with E-state index in [0.29, 0.717) is 0 Å². The molecular weight excluding hydrogens is 152 g/mol. The van der Waals surface area contributed by atoms with E-state index in [1.807, 2.05) is 0 Å². The number of nitrogens with one attached hydrogen (secondary N) is 1. The molecule has 0 aromatic heterocycles. The molecule has 0 aliphatic carbocycles. The van der Waals surface area contributed by atoms with Gasteiger partial charge in [0.2, 0.25) is 0 Å². The topological polar surface area (TPSA) is 60.8 Å². The van der Waals surface area contributed by atoms with Gasteiger partial charge in [-0.3, -0.25) is 0 Å². The largest absolute Gasteiger partial charge is 0.385 e. The standard InChI is InChI=1S/C8H10N4/c9-12-11-7-6-10-8-4-2-1-3-5-8/h1-5,10H,6-7H2/i1D,2D,3D,4D/hD. The van der Waals surface area contributed by atoms with E-state index in [2.05, 4.69) is 10.0 Å². The summed E-state index contributed by atoms with van der Waals surface area (Å²) in [6.45, 7) is 0.120. The molecule has 0 saturated carbocycles. The van der Waals surface area contributed by atoms with Gasteiger partial charge in [-0.05, 0) is 17.6 Å². The number of hydrogen-bond donors (Lipinski definition) is 1. The number of azide groups is 1. The van der Waals surface area contributed by atoms with Gasteiger partial charge in [0.15, 0.2) is 1.41 Å². The van der Waals surface area contributed by atoms with Gasteiger partial charge in [0.05, 0.1) is 5.48 Å². The lowest BCUT2D eigenvalue weighted by molar-refractivity contribution is 1.01. The molecule has 1 rings (SSSR count). The summed E-state index contributed by atoms with van der Waals surface area (Å²) in [5.41, 5.74) is 8.15. The Bertz CT molecular complexity index is 471. The number of hydrogen-bond acceptors (Lipinski definition) is 2. The van der Waals surface area contributed by atoms with Crippen LogP contribution in [0.2, 0.25) is 1.41 Å². The van der Waals surface area contributed by atoms with Crippen LogP contribution in [0.1, 0.15) is 5.48 Å². The van der Waals surface area contributed by atoms with Crippen LogP contribution in [0.3, 0.4) is 0 Å². The molecule has 12 heavy (non-hydrogen) atoms. The zero-order valence-electron chi connectivity index (χ0n) is 11.3. The molecule has 0 amide bonds. The van der Waals surface area contributed by atoms with Crippen molar-refractivity contribution in [1.29, 1.82) is 0 Å². The maximum absolute atomic E-state index is 8.09. The number of anilines is 1. The van der Waals surface area contributed by atoms with E-state index in [0.717, 1.165) is 5.31 Å². The van der Waals surface area contributed by atoms with Crippen molar-refractivity contribution in [1.82, 2.24) is 0 Å². The zero-order chi connectivity index (χ0) is 13.0.